The topological polar surface area (TPSA) is 29.1 Å². The van der Waals surface area contributed by atoms with Gasteiger partial charge in [0, 0.05) is 20.8 Å². The van der Waals surface area contributed by atoms with Crippen molar-refractivity contribution >= 4 is 44.9 Å². The molecule has 19 heavy (non-hydrogen) atoms. The Morgan fingerprint density at radius 2 is 2.05 bits per heavy atom. The van der Waals surface area contributed by atoms with Gasteiger partial charge in [-0.25, -0.2) is 0 Å². The van der Waals surface area contributed by atoms with Gasteiger partial charge in [0.05, 0.1) is 5.75 Å². The Bertz CT molecular complexity index is 511. The van der Waals surface area contributed by atoms with E-state index in [1.165, 1.54) is 4.88 Å². The normalized spacial score (nSPS) is 10.4. The number of amides is 1. The summed E-state index contributed by atoms with van der Waals surface area (Å²) < 4.78 is 1.05. The second-order valence-electron chi connectivity index (χ2n) is 3.92. The highest BCUT2D eigenvalue weighted by Gasteiger charge is 2.02. The van der Waals surface area contributed by atoms with Crippen molar-refractivity contribution < 1.29 is 4.79 Å². The molecule has 2 aromatic rings. The molecule has 0 aliphatic heterocycles. The maximum Gasteiger partial charge on any atom is 0.230 e. The first-order chi connectivity index (χ1) is 9.24. The SMILES string of the molecule is O=C(CSc1ccc(Br)cc1)NCCc1cccs1. The van der Waals surface area contributed by atoms with Crippen LogP contribution in [0.5, 0.6) is 0 Å². The quantitative estimate of drug-likeness (QED) is 0.794. The Balaban J connectivity index is 1.65. The molecule has 2 rings (SSSR count). The lowest BCUT2D eigenvalue weighted by atomic mass is 10.3. The number of thioether (sulfide) groups is 1. The van der Waals surface area contributed by atoms with Crippen LogP contribution in [0.3, 0.4) is 0 Å². The van der Waals surface area contributed by atoms with Gasteiger partial charge in [-0.2, -0.15) is 0 Å². The summed E-state index contributed by atoms with van der Waals surface area (Å²) in [5, 5.41) is 5.00. The molecule has 5 heteroatoms. The number of benzene rings is 1. The molecule has 0 aliphatic carbocycles. The highest BCUT2D eigenvalue weighted by Crippen LogP contribution is 2.20. The van der Waals surface area contributed by atoms with E-state index in [9.17, 15) is 4.79 Å². The van der Waals surface area contributed by atoms with Crippen LogP contribution in [0.1, 0.15) is 4.88 Å². The largest absolute Gasteiger partial charge is 0.355 e. The second kappa shape index (κ2) is 7.72. The molecule has 1 N–H and O–H groups in total. The monoisotopic (exact) mass is 355 g/mol. The smallest absolute Gasteiger partial charge is 0.230 e. The molecule has 100 valence electrons. The molecule has 0 spiro atoms. The van der Waals surface area contributed by atoms with Gasteiger partial charge in [0.15, 0.2) is 0 Å². The zero-order chi connectivity index (χ0) is 13.5. The molecule has 1 heterocycles. The van der Waals surface area contributed by atoms with Crippen LogP contribution < -0.4 is 5.32 Å². The van der Waals surface area contributed by atoms with Gasteiger partial charge in [-0.1, -0.05) is 22.0 Å². The van der Waals surface area contributed by atoms with Crippen molar-refractivity contribution in [2.75, 3.05) is 12.3 Å². The summed E-state index contributed by atoms with van der Waals surface area (Å²) in [5.74, 6) is 0.552. The van der Waals surface area contributed by atoms with E-state index in [0.29, 0.717) is 12.3 Å². The zero-order valence-electron chi connectivity index (χ0n) is 10.3. The van der Waals surface area contributed by atoms with Crippen LogP contribution in [-0.2, 0) is 11.2 Å². The maximum absolute atomic E-state index is 11.7. The van der Waals surface area contributed by atoms with Gasteiger partial charge in [0.25, 0.3) is 0 Å². The summed E-state index contributed by atoms with van der Waals surface area (Å²) in [7, 11) is 0. The molecule has 1 amide bonds. The predicted molar refractivity (Wildman–Crippen MR) is 85.9 cm³/mol. The minimum absolute atomic E-state index is 0.0875. The molecular weight excluding hydrogens is 342 g/mol. The number of halogens is 1. The second-order valence-corrected chi connectivity index (χ2v) is 6.92. The van der Waals surface area contributed by atoms with E-state index in [1.54, 1.807) is 23.1 Å². The average Bonchev–Trinajstić information content (AvgIpc) is 2.91. The van der Waals surface area contributed by atoms with Gasteiger partial charge >= 0.3 is 0 Å². The number of thiophene rings is 1. The third-order valence-corrected chi connectivity index (χ3v) is 4.93. The number of rotatable bonds is 6. The van der Waals surface area contributed by atoms with E-state index in [-0.39, 0.29) is 5.91 Å². The lowest BCUT2D eigenvalue weighted by Crippen LogP contribution is -2.27. The summed E-state index contributed by atoms with van der Waals surface area (Å²) in [6.07, 6.45) is 0.909. The number of hydrogen-bond acceptors (Lipinski definition) is 3. The van der Waals surface area contributed by atoms with E-state index in [0.717, 1.165) is 15.8 Å². The molecule has 1 aromatic heterocycles. The first kappa shape index (κ1) is 14.6. The number of hydrogen-bond donors (Lipinski definition) is 1. The molecule has 0 radical (unpaired) electrons. The summed E-state index contributed by atoms with van der Waals surface area (Å²) in [6.45, 7) is 0.709. The van der Waals surface area contributed by atoms with Gasteiger partial charge in [0.1, 0.15) is 0 Å². The third kappa shape index (κ3) is 5.38. The Morgan fingerprint density at radius 1 is 1.26 bits per heavy atom. The van der Waals surface area contributed by atoms with Gasteiger partial charge in [0.2, 0.25) is 5.91 Å². The zero-order valence-corrected chi connectivity index (χ0v) is 13.5. The summed E-state index contributed by atoms with van der Waals surface area (Å²) in [6, 6.07) is 12.1. The van der Waals surface area contributed by atoms with E-state index >= 15 is 0 Å². The van der Waals surface area contributed by atoms with Crippen molar-refractivity contribution in [3.63, 3.8) is 0 Å². The third-order valence-electron chi connectivity index (χ3n) is 2.46. The van der Waals surface area contributed by atoms with Crippen molar-refractivity contribution in [3.8, 4) is 0 Å². The van der Waals surface area contributed by atoms with Gasteiger partial charge < -0.3 is 5.32 Å². The van der Waals surface area contributed by atoms with E-state index in [2.05, 4.69) is 32.7 Å². The highest BCUT2D eigenvalue weighted by molar-refractivity contribution is 9.10. The van der Waals surface area contributed by atoms with E-state index in [1.807, 2.05) is 30.3 Å². The van der Waals surface area contributed by atoms with Gasteiger partial charge in [-0.15, -0.1) is 23.1 Å². The summed E-state index contributed by atoms with van der Waals surface area (Å²) >= 11 is 6.67. The molecule has 0 atom stereocenters. The van der Waals surface area contributed by atoms with Crippen molar-refractivity contribution in [1.29, 1.82) is 0 Å². The first-order valence-electron chi connectivity index (χ1n) is 5.91. The number of carbonyl (C=O) groups excluding carboxylic acids is 1. The van der Waals surface area contributed by atoms with Gasteiger partial charge in [-0.05, 0) is 42.1 Å². The van der Waals surface area contributed by atoms with Crippen LogP contribution in [0.2, 0.25) is 0 Å². The molecule has 0 saturated heterocycles. The molecule has 0 aliphatic rings. The fourth-order valence-corrected chi connectivity index (χ4v) is 3.21. The standard InChI is InChI=1S/C14H14BrNOS2/c15-11-3-5-13(6-4-11)19-10-14(17)16-8-7-12-2-1-9-18-12/h1-6,9H,7-8,10H2,(H,16,17). The Morgan fingerprint density at radius 3 is 2.74 bits per heavy atom. The number of nitrogens with one attached hydrogen (secondary N) is 1. The molecule has 2 nitrogen and oxygen atoms in total. The first-order valence-corrected chi connectivity index (χ1v) is 8.57. The Hall–Kier alpha value is -0.780. The predicted octanol–water partition coefficient (Wildman–Crippen LogP) is 3.96. The lowest BCUT2D eigenvalue weighted by Gasteiger charge is -2.04. The minimum atomic E-state index is 0.0875. The summed E-state index contributed by atoms with van der Waals surface area (Å²) in [5.41, 5.74) is 0. The fraction of sp³-hybridized carbons (Fsp3) is 0.214. The van der Waals surface area contributed by atoms with Crippen LogP contribution in [0, 0.1) is 0 Å². The highest BCUT2D eigenvalue weighted by atomic mass is 79.9. The number of carbonyl (C=O) groups is 1. The molecule has 0 bridgehead atoms. The van der Waals surface area contributed by atoms with Gasteiger partial charge in [-0.3, -0.25) is 4.79 Å². The lowest BCUT2D eigenvalue weighted by molar-refractivity contribution is -0.118. The average molecular weight is 356 g/mol. The molecule has 0 unspecified atom stereocenters. The van der Waals surface area contributed by atoms with Crippen molar-refractivity contribution in [2.24, 2.45) is 0 Å². The van der Waals surface area contributed by atoms with Crippen molar-refractivity contribution in [1.82, 2.24) is 5.32 Å². The molecule has 0 saturated carbocycles. The molecule has 1 aromatic carbocycles. The van der Waals surface area contributed by atoms with Crippen LogP contribution in [0.15, 0.2) is 51.1 Å². The van der Waals surface area contributed by atoms with Crippen LogP contribution >= 0.6 is 39.0 Å². The Kier molecular flexibility index (Phi) is 5.94. The van der Waals surface area contributed by atoms with E-state index in [4.69, 9.17) is 0 Å². The van der Waals surface area contributed by atoms with E-state index < -0.39 is 0 Å². The Labute approximate surface area is 129 Å². The minimum Gasteiger partial charge on any atom is -0.355 e. The van der Waals surface area contributed by atoms with Crippen LogP contribution in [0.25, 0.3) is 0 Å². The maximum atomic E-state index is 11.7. The summed E-state index contributed by atoms with van der Waals surface area (Å²) in [4.78, 5) is 14.1. The van der Waals surface area contributed by atoms with Crippen LogP contribution in [0.4, 0.5) is 0 Å². The molecule has 0 fully saturated rings. The van der Waals surface area contributed by atoms with Crippen molar-refractivity contribution in [3.05, 3.63) is 51.1 Å². The van der Waals surface area contributed by atoms with Crippen molar-refractivity contribution in [2.45, 2.75) is 11.3 Å². The fourth-order valence-electron chi connectivity index (χ4n) is 1.51. The molecular formula is C14H14BrNOS2. The van der Waals surface area contributed by atoms with Crippen LogP contribution in [-0.4, -0.2) is 18.2 Å².